The number of ether oxygens (including phenoxy) is 3. The van der Waals surface area contributed by atoms with Gasteiger partial charge in [-0.3, -0.25) is 9.59 Å². The van der Waals surface area contributed by atoms with E-state index in [-0.39, 0.29) is 25.2 Å². The molecule has 0 N–H and O–H groups in total. The molecule has 0 radical (unpaired) electrons. The highest BCUT2D eigenvalue weighted by molar-refractivity contribution is 5.70. The topological polar surface area (TPSA) is 61.8 Å². The Kier molecular flexibility index (Phi) is 51.4. The standard InChI is InChI=1S/C57H104O5/c1-4-7-10-13-16-19-22-25-28-31-34-37-40-43-46-49-52-60-53-55(62-57(59)51-48-45-42-39-36-33-30-27-24-21-18-15-12-9-6-3)54-61-56(58)50-47-44-41-38-35-32-29-26-23-20-17-14-11-8-5-2/h17,20-21,24,26,29,35,38,55H,4-16,18-19,22-23,25,27-28,30-34,36-37,39-54H2,1-3H3/b20-17-,24-21-,29-26-,38-35-/t55-/m1/s1. The molecule has 0 aliphatic heterocycles. The van der Waals surface area contributed by atoms with Crippen molar-refractivity contribution in [2.45, 2.75) is 284 Å². The minimum Gasteiger partial charge on any atom is -0.462 e. The molecule has 0 aromatic rings. The van der Waals surface area contributed by atoms with Gasteiger partial charge in [-0.2, -0.15) is 0 Å². The van der Waals surface area contributed by atoms with Gasteiger partial charge in [0.2, 0.25) is 0 Å². The zero-order valence-electron chi connectivity index (χ0n) is 41.6. The zero-order chi connectivity index (χ0) is 44.9. The van der Waals surface area contributed by atoms with E-state index in [1.165, 1.54) is 180 Å². The van der Waals surface area contributed by atoms with Crippen LogP contribution in [0.2, 0.25) is 0 Å². The van der Waals surface area contributed by atoms with Gasteiger partial charge in [-0.25, -0.2) is 0 Å². The first-order valence-corrected chi connectivity index (χ1v) is 27.2. The Balaban J connectivity index is 4.30. The van der Waals surface area contributed by atoms with Crippen molar-refractivity contribution in [1.82, 2.24) is 0 Å². The summed E-state index contributed by atoms with van der Waals surface area (Å²) in [6, 6.07) is 0. The Hall–Kier alpha value is -2.14. The highest BCUT2D eigenvalue weighted by atomic mass is 16.6. The lowest BCUT2D eigenvalue weighted by Crippen LogP contribution is -2.30. The van der Waals surface area contributed by atoms with Gasteiger partial charge in [-0.15, -0.1) is 0 Å². The van der Waals surface area contributed by atoms with Crippen molar-refractivity contribution in [3.63, 3.8) is 0 Å². The molecule has 0 saturated heterocycles. The number of allylic oxidation sites excluding steroid dienone is 8. The van der Waals surface area contributed by atoms with E-state index in [1.807, 2.05) is 0 Å². The van der Waals surface area contributed by atoms with E-state index >= 15 is 0 Å². The third kappa shape index (κ3) is 50.5. The second-order valence-corrected chi connectivity index (χ2v) is 18.1. The van der Waals surface area contributed by atoms with E-state index in [2.05, 4.69) is 69.4 Å². The second-order valence-electron chi connectivity index (χ2n) is 18.1. The number of unbranched alkanes of at least 4 members (excludes halogenated alkanes) is 31. The molecule has 0 aromatic carbocycles. The average molecular weight is 869 g/mol. The van der Waals surface area contributed by atoms with Gasteiger partial charge >= 0.3 is 11.9 Å². The van der Waals surface area contributed by atoms with Crippen molar-refractivity contribution in [3.05, 3.63) is 48.6 Å². The van der Waals surface area contributed by atoms with Crippen LogP contribution in [0.5, 0.6) is 0 Å². The van der Waals surface area contributed by atoms with Crippen molar-refractivity contribution >= 4 is 11.9 Å². The highest BCUT2D eigenvalue weighted by Crippen LogP contribution is 2.15. The summed E-state index contributed by atoms with van der Waals surface area (Å²) in [6.07, 6.45) is 65.5. The summed E-state index contributed by atoms with van der Waals surface area (Å²) in [7, 11) is 0. The molecule has 5 nitrogen and oxygen atoms in total. The van der Waals surface area contributed by atoms with Gasteiger partial charge in [0, 0.05) is 19.4 Å². The van der Waals surface area contributed by atoms with Gasteiger partial charge in [0.25, 0.3) is 0 Å². The van der Waals surface area contributed by atoms with E-state index in [0.29, 0.717) is 19.4 Å². The number of carbonyl (C=O) groups excluding carboxylic acids is 2. The van der Waals surface area contributed by atoms with Crippen LogP contribution >= 0.6 is 0 Å². The Morgan fingerprint density at radius 3 is 1.18 bits per heavy atom. The van der Waals surface area contributed by atoms with Gasteiger partial charge in [0.05, 0.1) is 6.61 Å². The summed E-state index contributed by atoms with van der Waals surface area (Å²) in [5, 5.41) is 0. The van der Waals surface area contributed by atoms with Gasteiger partial charge in [-0.05, 0) is 83.5 Å². The minimum atomic E-state index is -0.551. The maximum absolute atomic E-state index is 12.8. The molecule has 362 valence electrons. The molecule has 0 saturated carbocycles. The largest absolute Gasteiger partial charge is 0.462 e. The van der Waals surface area contributed by atoms with Crippen LogP contribution in [0.4, 0.5) is 0 Å². The summed E-state index contributed by atoms with van der Waals surface area (Å²) in [5.41, 5.74) is 0. The maximum Gasteiger partial charge on any atom is 0.306 e. The summed E-state index contributed by atoms with van der Waals surface area (Å²) >= 11 is 0. The average Bonchev–Trinajstić information content (AvgIpc) is 3.27. The lowest BCUT2D eigenvalue weighted by molar-refractivity contribution is -0.163. The summed E-state index contributed by atoms with van der Waals surface area (Å²) < 4.78 is 17.4. The third-order valence-corrected chi connectivity index (χ3v) is 11.8. The molecular formula is C57H104O5. The number of hydrogen-bond acceptors (Lipinski definition) is 5. The van der Waals surface area contributed by atoms with Crippen LogP contribution in [0.3, 0.4) is 0 Å². The Morgan fingerprint density at radius 1 is 0.355 bits per heavy atom. The van der Waals surface area contributed by atoms with Crippen molar-refractivity contribution in [2.75, 3.05) is 19.8 Å². The van der Waals surface area contributed by atoms with Crippen molar-refractivity contribution < 1.29 is 23.8 Å². The summed E-state index contributed by atoms with van der Waals surface area (Å²) in [6.45, 7) is 7.79. The molecule has 0 rings (SSSR count). The third-order valence-electron chi connectivity index (χ3n) is 11.8. The van der Waals surface area contributed by atoms with E-state index in [0.717, 1.165) is 64.2 Å². The number of esters is 2. The fraction of sp³-hybridized carbons (Fsp3) is 0.825. The van der Waals surface area contributed by atoms with Crippen molar-refractivity contribution in [1.29, 1.82) is 0 Å². The van der Waals surface area contributed by atoms with E-state index in [9.17, 15) is 9.59 Å². The van der Waals surface area contributed by atoms with Gasteiger partial charge in [0.15, 0.2) is 6.10 Å². The first-order chi connectivity index (χ1) is 30.6. The molecule has 5 heteroatoms. The Bertz CT molecular complexity index is 1030. The monoisotopic (exact) mass is 869 g/mol. The van der Waals surface area contributed by atoms with Gasteiger partial charge < -0.3 is 14.2 Å². The number of hydrogen-bond donors (Lipinski definition) is 0. The fourth-order valence-electron chi connectivity index (χ4n) is 7.75. The molecule has 0 unspecified atom stereocenters. The first kappa shape index (κ1) is 59.9. The SMILES string of the molecule is CCCCC/C=C\C/C=C\C/C=C\CCCCC(=O)OC[C@@H](COCCCCCCCCCCCCCCCCCC)OC(=O)CCCCCCCCC/C=C\CCCCCC. The van der Waals surface area contributed by atoms with Crippen LogP contribution in [-0.2, 0) is 23.8 Å². The highest BCUT2D eigenvalue weighted by Gasteiger charge is 2.17. The quantitative estimate of drug-likeness (QED) is 0.0346. The number of carbonyl (C=O) groups is 2. The summed E-state index contributed by atoms with van der Waals surface area (Å²) in [5.74, 6) is -0.434. The molecule has 0 aliphatic rings. The molecular weight excluding hydrogens is 765 g/mol. The molecule has 0 aliphatic carbocycles. The van der Waals surface area contributed by atoms with E-state index in [4.69, 9.17) is 14.2 Å². The fourth-order valence-corrected chi connectivity index (χ4v) is 7.75. The lowest BCUT2D eigenvalue weighted by Gasteiger charge is -2.18. The van der Waals surface area contributed by atoms with Crippen LogP contribution in [0.25, 0.3) is 0 Å². The normalized spacial score (nSPS) is 12.5. The molecule has 62 heavy (non-hydrogen) atoms. The van der Waals surface area contributed by atoms with Gasteiger partial charge in [-0.1, -0.05) is 230 Å². The molecule has 0 aromatic heterocycles. The minimum absolute atomic E-state index is 0.0672. The van der Waals surface area contributed by atoms with Crippen LogP contribution in [0.1, 0.15) is 278 Å². The van der Waals surface area contributed by atoms with Crippen LogP contribution in [0, 0.1) is 0 Å². The van der Waals surface area contributed by atoms with Crippen molar-refractivity contribution in [3.8, 4) is 0 Å². The van der Waals surface area contributed by atoms with Crippen LogP contribution in [0.15, 0.2) is 48.6 Å². The maximum atomic E-state index is 12.8. The Labute approximate surface area is 386 Å². The Morgan fingerprint density at radius 2 is 0.677 bits per heavy atom. The molecule has 0 heterocycles. The van der Waals surface area contributed by atoms with Crippen LogP contribution < -0.4 is 0 Å². The predicted octanol–water partition coefficient (Wildman–Crippen LogP) is 18.3. The summed E-state index contributed by atoms with van der Waals surface area (Å²) in [4.78, 5) is 25.4. The molecule has 1 atom stereocenters. The molecule has 0 bridgehead atoms. The van der Waals surface area contributed by atoms with E-state index in [1.54, 1.807) is 0 Å². The molecule has 0 amide bonds. The van der Waals surface area contributed by atoms with Crippen molar-refractivity contribution in [2.24, 2.45) is 0 Å². The number of rotatable bonds is 50. The van der Waals surface area contributed by atoms with E-state index < -0.39 is 6.10 Å². The van der Waals surface area contributed by atoms with Gasteiger partial charge in [0.1, 0.15) is 6.61 Å². The lowest BCUT2D eigenvalue weighted by atomic mass is 10.0. The first-order valence-electron chi connectivity index (χ1n) is 27.2. The molecule has 0 fully saturated rings. The second kappa shape index (κ2) is 53.2. The molecule has 0 spiro atoms. The van der Waals surface area contributed by atoms with Crippen LogP contribution in [-0.4, -0.2) is 37.9 Å². The predicted molar refractivity (Wildman–Crippen MR) is 270 cm³/mol. The zero-order valence-corrected chi connectivity index (χ0v) is 41.6. The smallest absolute Gasteiger partial charge is 0.306 e.